The second kappa shape index (κ2) is 13.6. The van der Waals surface area contributed by atoms with E-state index in [9.17, 15) is 4.46 Å². The zero-order valence-electron chi connectivity index (χ0n) is 14.0. The van der Waals surface area contributed by atoms with Crippen LogP contribution in [0.1, 0.15) is 91.9 Å². The molecule has 2 unspecified atom stereocenters. The Morgan fingerprint density at radius 1 is 0.750 bits per heavy atom. The molecular formula is C16H34O3Si. The Balaban J connectivity index is 3.96. The lowest BCUT2D eigenvalue weighted by Crippen LogP contribution is -2.26. The molecule has 120 valence electrons. The first-order valence-electron chi connectivity index (χ1n) is 8.55. The first-order chi connectivity index (χ1) is 9.67. The van der Waals surface area contributed by atoms with Gasteiger partial charge in [0.25, 0.3) is 0 Å². The second-order valence-electron chi connectivity index (χ2n) is 5.54. The van der Waals surface area contributed by atoms with E-state index in [1.54, 1.807) is 0 Å². The molecule has 0 spiro atoms. The average Bonchev–Trinajstić information content (AvgIpc) is 2.45. The van der Waals surface area contributed by atoms with Gasteiger partial charge in [-0.2, -0.15) is 0 Å². The average molecular weight is 303 g/mol. The zero-order valence-corrected chi connectivity index (χ0v) is 15.0. The van der Waals surface area contributed by atoms with Crippen LogP contribution in [-0.2, 0) is 13.3 Å². The molecule has 0 radical (unpaired) electrons. The zero-order chi connectivity index (χ0) is 15.2. The predicted octanol–water partition coefficient (Wildman–Crippen LogP) is 5.15. The highest BCUT2D eigenvalue weighted by Gasteiger charge is 2.21. The van der Waals surface area contributed by atoms with E-state index in [4.69, 9.17) is 8.85 Å². The van der Waals surface area contributed by atoms with Crippen LogP contribution < -0.4 is 0 Å². The fraction of sp³-hybridized carbons (Fsp3) is 1.00. The maximum Gasteiger partial charge on any atom is 0.767 e. The molecule has 0 fully saturated rings. The molecular weight excluding hydrogens is 268 g/mol. The van der Waals surface area contributed by atoms with Gasteiger partial charge in [-0.15, -0.1) is 0 Å². The van der Waals surface area contributed by atoms with Crippen molar-refractivity contribution in [2.24, 2.45) is 0 Å². The normalized spacial score (nSPS) is 13.8. The maximum atomic E-state index is 12.0. The van der Waals surface area contributed by atoms with Crippen LogP contribution >= 0.6 is 0 Å². The molecule has 2 atom stereocenters. The SMILES string of the molecule is CCCCCC(CC)O[Si](=O)OC(CC)CCCCC. The van der Waals surface area contributed by atoms with Crippen molar-refractivity contribution in [2.45, 2.75) is 104 Å². The second-order valence-corrected chi connectivity index (χ2v) is 6.51. The van der Waals surface area contributed by atoms with Crippen LogP contribution in [0.5, 0.6) is 0 Å². The third kappa shape index (κ3) is 10.4. The molecule has 0 aliphatic rings. The molecule has 0 heterocycles. The third-order valence-electron chi connectivity index (χ3n) is 3.70. The molecule has 0 N–H and O–H groups in total. The van der Waals surface area contributed by atoms with Crippen molar-refractivity contribution >= 4 is 9.17 Å². The Morgan fingerprint density at radius 2 is 1.15 bits per heavy atom. The van der Waals surface area contributed by atoms with Crippen LogP contribution in [0, 0.1) is 0 Å². The largest absolute Gasteiger partial charge is 0.767 e. The summed E-state index contributed by atoms with van der Waals surface area (Å²) >= 11 is 0. The van der Waals surface area contributed by atoms with Crippen molar-refractivity contribution in [3.63, 3.8) is 0 Å². The molecule has 0 bridgehead atoms. The molecule has 0 saturated heterocycles. The standard InChI is InChI=1S/C16H34O3Si/c1-5-9-11-13-15(7-3)18-20(17)19-16(8-4)14-12-10-6-2/h15-16H,5-14H2,1-4H3. The van der Waals surface area contributed by atoms with Gasteiger partial charge in [-0.1, -0.05) is 53.4 Å². The molecule has 0 aromatic rings. The maximum absolute atomic E-state index is 12.0. The van der Waals surface area contributed by atoms with Crippen molar-refractivity contribution in [3.8, 4) is 0 Å². The summed E-state index contributed by atoms with van der Waals surface area (Å²) in [6.45, 7) is 8.56. The minimum absolute atomic E-state index is 0.0982. The van der Waals surface area contributed by atoms with Crippen LogP contribution in [0.2, 0.25) is 0 Å². The van der Waals surface area contributed by atoms with Gasteiger partial charge >= 0.3 is 9.17 Å². The lowest BCUT2D eigenvalue weighted by atomic mass is 10.1. The summed E-state index contributed by atoms with van der Waals surface area (Å²) in [6.07, 6.45) is 11.2. The highest BCUT2D eigenvalue weighted by Crippen LogP contribution is 2.13. The summed E-state index contributed by atoms with van der Waals surface area (Å²) in [5.74, 6) is 0. The molecule has 0 aromatic heterocycles. The number of hydrogen-bond acceptors (Lipinski definition) is 3. The van der Waals surface area contributed by atoms with Crippen LogP contribution in [0.25, 0.3) is 0 Å². The third-order valence-corrected chi connectivity index (χ3v) is 4.75. The molecule has 4 heteroatoms. The van der Waals surface area contributed by atoms with Gasteiger partial charge in [0.2, 0.25) is 0 Å². The highest BCUT2D eigenvalue weighted by molar-refractivity contribution is 6.26. The van der Waals surface area contributed by atoms with Gasteiger partial charge < -0.3 is 8.85 Å². The molecule has 3 nitrogen and oxygen atoms in total. The summed E-state index contributed by atoms with van der Waals surface area (Å²) in [6, 6.07) is 0. The van der Waals surface area contributed by atoms with E-state index < -0.39 is 9.17 Å². The molecule has 0 amide bonds. The fourth-order valence-corrected chi connectivity index (χ4v) is 3.41. The van der Waals surface area contributed by atoms with Gasteiger partial charge in [-0.25, -0.2) is 0 Å². The monoisotopic (exact) mass is 302 g/mol. The molecule has 0 aliphatic heterocycles. The van der Waals surface area contributed by atoms with E-state index in [2.05, 4.69) is 27.7 Å². The Labute approximate surface area is 127 Å². The van der Waals surface area contributed by atoms with Gasteiger partial charge in [0.05, 0.1) is 12.2 Å². The highest BCUT2D eigenvalue weighted by atomic mass is 28.3. The first kappa shape index (κ1) is 19.6. The van der Waals surface area contributed by atoms with E-state index >= 15 is 0 Å². The first-order valence-corrected chi connectivity index (χ1v) is 9.77. The van der Waals surface area contributed by atoms with Crippen LogP contribution in [-0.4, -0.2) is 21.4 Å². The van der Waals surface area contributed by atoms with Gasteiger partial charge in [0.1, 0.15) is 0 Å². The van der Waals surface area contributed by atoms with Crippen LogP contribution in [0.3, 0.4) is 0 Å². The Bertz CT molecular complexity index is 212. The molecule has 20 heavy (non-hydrogen) atoms. The molecule has 0 aliphatic carbocycles. The minimum Gasteiger partial charge on any atom is -0.493 e. The summed E-state index contributed by atoms with van der Waals surface area (Å²) < 4.78 is 23.2. The molecule has 0 rings (SSSR count). The Kier molecular flexibility index (Phi) is 13.3. The van der Waals surface area contributed by atoms with E-state index in [0.717, 1.165) is 38.5 Å². The fourth-order valence-electron chi connectivity index (χ4n) is 2.24. The van der Waals surface area contributed by atoms with Crippen molar-refractivity contribution in [3.05, 3.63) is 0 Å². The number of hydrogen-bond donors (Lipinski definition) is 0. The van der Waals surface area contributed by atoms with Crippen molar-refractivity contribution in [1.82, 2.24) is 0 Å². The van der Waals surface area contributed by atoms with E-state index in [1.807, 2.05) is 0 Å². The van der Waals surface area contributed by atoms with E-state index in [0.29, 0.717) is 0 Å². The lowest BCUT2D eigenvalue weighted by Gasteiger charge is -2.20. The number of rotatable bonds is 14. The predicted molar refractivity (Wildman–Crippen MR) is 85.1 cm³/mol. The lowest BCUT2D eigenvalue weighted by molar-refractivity contribution is 0.0693. The number of unbranched alkanes of at least 4 members (excludes halogenated alkanes) is 4. The molecule has 0 saturated carbocycles. The van der Waals surface area contributed by atoms with Crippen molar-refractivity contribution < 1.29 is 13.3 Å². The Hall–Kier alpha value is -0.383. The summed E-state index contributed by atoms with van der Waals surface area (Å²) in [7, 11) is -2.33. The van der Waals surface area contributed by atoms with Crippen LogP contribution in [0.4, 0.5) is 0 Å². The van der Waals surface area contributed by atoms with Gasteiger partial charge in [-0.05, 0) is 38.5 Å². The smallest absolute Gasteiger partial charge is 0.493 e. The quantitative estimate of drug-likeness (QED) is 0.329. The summed E-state index contributed by atoms with van der Waals surface area (Å²) in [4.78, 5) is 0. The van der Waals surface area contributed by atoms with Crippen molar-refractivity contribution in [2.75, 3.05) is 0 Å². The summed E-state index contributed by atoms with van der Waals surface area (Å²) in [5, 5.41) is 0. The van der Waals surface area contributed by atoms with E-state index in [1.165, 1.54) is 25.7 Å². The van der Waals surface area contributed by atoms with Gasteiger partial charge in [0, 0.05) is 0 Å². The van der Waals surface area contributed by atoms with E-state index in [-0.39, 0.29) is 12.2 Å². The van der Waals surface area contributed by atoms with Gasteiger partial charge in [0.15, 0.2) is 0 Å². The minimum atomic E-state index is -2.33. The van der Waals surface area contributed by atoms with Gasteiger partial charge in [-0.3, -0.25) is 4.46 Å². The van der Waals surface area contributed by atoms with Crippen LogP contribution in [0.15, 0.2) is 0 Å². The topological polar surface area (TPSA) is 35.5 Å². The summed E-state index contributed by atoms with van der Waals surface area (Å²) in [5.41, 5.74) is 0. The Morgan fingerprint density at radius 3 is 1.45 bits per heavy atom. The van der Waals surface area contributed by atoms with Crippen molar-refractivity contribution in [1.29, 1.82) is 0 Å². The molecule has 0 aromatic carbocycles.